The van der Waals surface area contributed by atoms with Crippen molar-refractivity contribution in [3.05, 3.63) is 22.8 Å². The largest absolute Gasteiger partial charge is 0.460 e. The number of aryl methyl sites for hydroxylation is 1. The second-order valence-corrected chi connectivity index (χ2v) is 13.7. The average molecular weight is 1160 g/mol. The molecule has 73 heavy (non-hydrogen) atoms. The van der Waals surface area contributed by atoms with Crippen LogP contribution in [-0.2, 0) is 25.0 Å². The molecule has 0 bridgehead atoms. The summed E-state index contributed by atoms with van der Waals surface area (Å²) in [7, 11) is 0. The van der Waals surface area contributed by atoms with E-state index in [1.807, 2.05) is 0 Å². The van der Waals surface area contributed by atoms with Crippen LogP contribution in [0.3, 0.4) is 0 Å². The van der Waals surface area contributed by atoms with Crippen molar-refractivity contribution in [2.24, 2.45) is 9.98 Å². The highest BCUT2D eigenvalue weighted by Gasteiger charge is 3.02. The van der Waals surface area contributed by atoms with Crippen LogP contribution in [0.4, 0.5) is 165 Å². The maximum atomic E-state index is 15.7. The molecule has 0 heterocycles. The molecule has 0 atom stereocenters. The van der Waals surface area contributed by atoms with E-state index in [0.29, 0.717) is 19.9 Å². The molecule has 0 aliphatic rings. The minimum Gasteiger partial charge on any atom is -0.445 e. The fourth-order valence-electron chi connectivity index (χ4n) is 5.02. The van der Waals surface area contributed by atoms with Gasteiger partial charge >= 0.3 is 107 Å². The topological polar surface area (TPSA) is 114 Å². The summed E-state index contributed by atoms with van der Waals surface area (Å²) in [5.74, 6) is -162. The fraction of sp³-hybridized carbons (Fsp3) is 0.667. The maximum Gasteiger partial charge on any atom is 0.460 e. The Hall–Kier alpha value is -5.53. The summed E-state index contributed by atoms with van der Waals surface area (Å²) in [4.78, 5) is 49.7. The van der Waals surface area contributed by atoms with Crippen molar-refractivity contribution >= 4 is 35.4 Å². The number of esters is 1. The summed E-state index contributed by atoms with van der Waals surface area (Å²) in [6.07, 6.45) is -8.15. The Kier molecular flexibility index (Phi) is 16.2. The summed E-state index contributed by atoms with van der Waals surface area (Å²) in [6, 6.07) is -0.451. The van der Waals surface area contributed by atoms with E-state index in [0.717, 1.165) is 5.32 Å². The molecule has 0 aliphatic carbocycles. The number of carbonyl (C=O) groups excluding carboxylic acids is 4. The van der Waals surface area contributed by atoms with Gasteiger partial charge in [0.15, 0.2) is 6.73 Å². The zero-order valence-electron chi connectivity index (χ0n) is 32.9. The van der Waals surface area contributed by atoms with E-state index >= 15 is 17.6 Å². The second-order valence-electron chi connectivity index (χ2n) is 13.7. The van der Waals surface area contributed by atoms with Gasteiger partial charge in [0.2, 0.25) is 12.2 Å². The molecule has 1 aromatic carbocycles. The van der Waals surface area contributed by atoms with Crippen LogP contribution in [0.1, 0.15) is 28.4 Å². The Morgan fingerprint density at radius 2 is 0.685 bits per heavy atom. The Balaban J connectivity index is 4.35. The van der Waals surface area contributed by atoms with Crippen molar-refractivity contribution < 1.29 is 178 Å². The third-order valence-corrected chi connectivity index (χ3v) is 9.12. The quantitative estimate of drug-likeness (QED) is 0.0433. The SMILES string of the molecule is CC(=O)OCNC(=O)c1cc(C)c(N=C=O)c(N=C=O)c1C(F)(F)C(F)(F)C(F)(F)C(F)(F)C(F)(F)C(F)(F)C(F)(F)C(F)(F)C(F)(F)C(F)(F)C(F)(F)C(F)(F)C(F)(F)C(F)(F)C(F)(F)C(F)(F)C(F)(F)F. The van der Waals surface area contributed by atoms with E-state index in [-0.39, 0.29) is 6.08 Å². The molecule has 420 valence electrons. The van der Waals surface area contributed by atoms with E-state index in [1.54, 1.807) is 0 Å². The number of alkyl halides is 35. The molecule has 43 heteroatoms. The van der Waals surface area contributed by atoms with Crippen LogP contribution in [0, 0.1) is 6.92 Å². The van der Waals surface area contributed by atoms with Crippen molar-refractivity contribution in [3.63, 3.8) is 0 Å². The molecular formula is C30H10F35N3O5. The molecule has 0 saturated heterocycles. The van der Waals surface area contributed by atoms with Crippen LogP contribution in [0.15, 0.2) is 16.1 Å². The van der Waals surface area contributed by atoms with Crippen LogP contribution >= 0.6 is 0 Å². The number of amides is 1. The van der Waals surface area contributed by atoms with E-state index in [2.05, 4.69) is 14.7 Å². The first kappa shape index (κ1) is 65.5. The summed E-state index contributed by atoms with van der Waals surface area (Å²) >= 11 is 0. The van der Waals surface area contributed by atoms with Gasteiger partial charge in [0, 0.05) is 6.92 Å². The number of aliphatic imine (C=N–C) groups is 2. The third kappa shape index (κ3) is 8.48. The minimum atomic E-state index is -10.5. The lowest BCUT2D eigenvalue weighted by atomic mass is 9.81. The smallest absolute Gasteiger partial charge is 0.445 e. The lowest BCUT2D eigenvalue weighted by Crippen LogP contribution is -2.80. The number of nitrogens with one attached hydrogen (secondary N) is 1. The van der Waals surface area contributed by atoms with Gasteiger partial charge in [-0.15, -0.1) is 0 Å². The Morgan fingerprint density at radius 1 is 0.438 bits per heavy atom. The predicted octanol–water partition coefficient (Wildman–Crippen LogP) is 12.4. The normalized spacial score (nSPS) is 15.4. The van der Waals surface area contributed by atoms with Gasteiger partial charge in [-0.25, -0.2) is 9.59 Å². The summed E-state index contributed by atoms with van der Waals surface area (Å²) in [6.45, 7) is -0.879. The van der Waals surface area contributed by atoms with E-state index in [4.69, 9.17) is 0 Å². The predicted molar refractivity (Wildman–Crippen MR) is 155 cm³/mol. The van der Waals surface area contributed by atoms with Crippen molar-refractivity contribution in [1.82, 2.24) is 5.32 Å². The highest BCUT2D eigenvalue weighted by Crippen LogP contribution is 2.71. The number of isocyanates is 2. The summed E-state index contributed by atoms with van der Waals surface area (Å²) in [5.41, 5.74) is -12.2. The van der Waals surface area contributed by atoms with Crippen LogP contribution in [-0.4, -0.2) is 126 Å². The Morgan fingerprint density at radius 3 is 0.932 bits per heavy atom. The third-order valence-electron chi connectivity index (χ3n) is 9.12. The van der Waals surface area contributed by atoms with Gasteiger partial charge in [-0.2, -0.15) is 164 Å². The van der Waals surface area contributed by atoms with E-state index < -0.39 is 154 Å². The molecule has 1 rings (SSSR count). The lowest BCUT2D eigenvalue weighted by molar-refractivity contribution is -0.492. The van der Waals surface area contributed by atoms with Gasteiger partial charge in [-0.1, -0.05) is 0 Å². The second kappa shape index (κ2) is 18.1. The highest BCUT2D eigenvalue weighted by atomic mass is 19.4. The number of nitrogens with zero attached hydrogens (tertiary/aromatic N) is 2. The first-order valence-corrected chi connectivity index (χ1v) is 16.5. The number of benzene rings is 1. The lowest BCUT2D eigenvalue weighted by Gasteiger charge is -2.47. The van der Waals surface area contributed by atoms with Crippen molar-refractivity contribution in [3.8, 4) is 0 Å². The Bertz CT molecular complexity index is 2390. The van der Waals surface area contributed by atoms with Gasteiger partial charge in [0.1, 0.15) is 11.4 Å². The number of halogens is 35. The number of hydrogen-bond donors (Lipinski definition) is 1. The number of ether oxygens (including phenoxy) is 1. The first-order chi connectivity index (χ1) is 31.6. The molecule has 0 spiro atoms. The van der Waals surface area contributed by atoms with Gasteiger partial charge in [0.25, 0.3) is 5.91 Å². The van der Waals surface area contributed by atoms with E-state index in [9.17, 15) is 155 Å². The van der Waals surface area contributed by atoms with Crippen LogP contribution < -0.4 is 5.32 Å². The molecule has 0 aliphatic heterocycles. The van der Waals surface area contributed by atoms with Crippen molar-refractivity contribution in [1.29, 1.82) is 0 Å². The molecule has 0 unspecified atom stereocenters. The molecule has 0 aromatic heterocycles. The highest BCUT2D eigenvalue weighted by molar-refractivity contribution is 5.99. The number of hydrogen-bond acceptors (Lipinski definition) is 7. The van der Waals surface area contributed by atoms with Crippen molar-refractivity contribution in [2.45, 2.75) is 115 Å². The zero-order chi connectivity index (χ0) is 59.2. The molecule has 0 saturated carbocycles. The standard InChI is InChI=1S/C30H10F35N3O5/c1-7-3-9(13(72)68-6-73-8(2)71)10(12(67-5-70)11(7)66-4-69)14(31,32)15(33,34)16(35,36)17(37,38)18(39,40)19(41,42)20(43,44)21(45,46)22(47,48)23(49,50)24(51,52)25(53,54)26(55,56)27(57,58)28(59,60)29(61,62)30(63,64)65/h3H,6H2,1-2H3,(H,68,72). The molecule has 8 nitrogen and oxygen atoms in total. The van der Waals surface area contributed by atoms with Crippen LogP contribution in [0.5, 0.6) is 0 Å². The average Bonchev–Trinajstić information content (AvgIpc) is 3.20. The van der Waals surface area contributed by atoms with E-state index in [1.165, 1.54) is 0 Å². The number of carbonyl (C=O) groups is 2. The molecular weight excluding hydrogens is 1150 g/mol. The maximum absolute atomic E-state index is 15.7. The van der Waals surface area contributed by atoms with Gasteiger partial charge in [0.05, 0.1) is 11.1 Å². The van der Waals surface area contributed by atoms with Crippen LogP contribution in [0.2, 0.25) is 0 Å². The zero-order valence-corrected chi connectivity index (χ0v) is 32.9. The molecule has 1 N–H and O–H groups in total. The molecule has 0 radical (unpaired) electrons. The van der Waals surface area contributed by atoms with Gasteiger partial charge in [-0.3, -0.25) is 9.59 Å². The summed E-state index contributed by atoms with van der Waals surface area (Å²) in [5, 5.41) is 1.07. The van der Waals surface area contributed by atoms with Crippen LogP contribution in [0.25, 0.3) is 0 Å². The monoisotopic (exact) mass is 1160 g/mol. The number of rotatable bonds is 21. The fourth-order valence-corrected chi connectivity index (χ4v) is 5.02. The van der Waals surface area contributed by atoms with Crippen molar-refractivity contribution in [2.75, 3.05) is 6.73 Å². The molecule has 1 amide bonds. The first-order valence-electron chi connectivity index (χ1n) is 16.5. The molecule has 0 fully saturated rings. The van der Waals surface area contributed by atoms with Gasteiger partial charge < -0.3 is 10.1 Å². The van der Waals surface area contributed by atoms with Gasteiger partial charge in [-0.05, 0) is 18.6 Å². The summed E-state index contributed by atoms with van der Waals surface area (Å²) < 4.78 is 499. The Labute approximate surface area is 373 Å². The minimum absolute atomic E-state index is 0.0407. The molecule has 1 aromatic rings.